The van der Waals surface area contributed by atoms with E-state index in [-0.39, 0.29) is 0 Å². The zero-order chi connectivity index (χ0) is 13.7. The molecule has 0 aromatic heterocycles. The van der Waals surface area contributed by atoms with Crippen LogP contribution in [0.1, 0.15) is 37.8 Å². The molecule has 1 atom stereocenters. The van der Waals surface area contributed by atoms with Crippen LogP contribution in [0.25, 0.3) is 0 Å². The van der Waals surface area contributed by atoms with Gasteiger partial charge >= 0.3 is 0 Å². The van der Waals surface area contributed by atoms with Gasteiger partial charge in [0.2, 0.25) is 0 Å². The fourth-order valence-corrected chi connectivity index (χ4v) is 3.43. The molecule has 0 aliphatic heterocycles. The number of aryl methyl sites for hydroxylation is 1. The summed E-state index contributed by atoms with van der Waals surface area (Å²) in [4.78, 5) is 0. The Labute approximate surface area is 117 Å². The molecule has 1 unspecified atom stereocenters. The number of rotatable bonds is 6. The van der Waals surface area contributed by atoms with Crippen molar-refractivity contribution in [2.45, 2.75) is 38.5 Å². The predicted octanol–water partition coefficient (Wildman–Crippen LogP) is 3.15. The highest BCUT2D eigenvalue weighted by molar-refractivity contribution is 5.37. The van der Waals surface area contributed by atoms with E-state index >= 15 is 0 Å². The van der Waals surface area contributed by atoms with E-state index in [0.717, 1.165) is 19.7 Å². The molecule has 1 aromatic rings. The van der Waals surface area contributed by atoms with Gasteiger partial charge in [0.25, 0.3) is 0 Å². The molecule has 2 heteroatoms. The van der Waals surface area contributed by atoms with E-state index in [2.05, 4.69) is 43.4 Å². The van der Waals surface area contributed by atoms with Gasteiger partial charge in [-0.2, -0.15) is 0 Å². The maximum absolute atomic E-state index is 5.13. The van der Waals surface area contributed by atoms with E-state index in [9.17, 15) is 0 Å². The van der Waals surface area contributed by atoms with Crippen molar-refractivity contribution < 1.29 is 4.74 Å². The van der Waals surface area contributed by atoms with Crippen molar-refractivity contribution in [3.05, 3.63) is 35.4 Å². The molecule has 0 bridgehead atoms. The Morgan fingerprint density at radius 1 is 1.32 bits per heavy atom. The quantitative estimate of drug-likeness (QED) is 0.794. The highest BCUT2D eigenvalue weighted by Gasteiger charge is 2.38. The molecule has 0 spiro atoms. The minimum atomic E-state index is 0.294. The topological polar surface area (TPSA) is 21.3 Å². The van der Waals surface area contributed by atoms with E-state index in [1.807, 2.05) is 0 Å². The Morgan fingerprint density at radius 2 is 2.11 bits per heavy atom. The second-order valence-corrected chi connectivity index (χ2v) is 5.99. The molecule has 1 N–H and O–H groups in total. The average Bonchev–Trinajstić information content (AvgIpc) is 2.43. The van der Waals surface area contributed by atoms with Gasteiger partial charge in [-0.3, -0.25) is 0 Å². The van der Waals surface area contributed by atoms with Gasteiger partial charge in [-0.1, -0.05) is 38.1 Å². The van der Waals surface area contributed by atoms with Gasteiger partial charge in [0.1, 0.15) is 0 Å². The fraction of sp³-hybridized carbons (Fsp3) is 0.647. The summed E-state index contributed by atoms with van der Waals surface area (Å²) >= 11 is 0. The monoisotopic (exact) mass is 261 g/mol. The summed E-state index contributed by atoms with van der Waals surface area (Å²) in [6.45, 7) is 7.51. The lowest BCUT2D eigenvalue weighted by atomic mass is 9.64. The largest absolute Gasteiger partial charge is 0.383 e. The zero-order valence-electron chi connectivity index (χ0n) is 12.5. The molecule has 2 rings (SSSR count). The van der Waals surface area contributed by atoms with Crippen LogP contribution in [0.15, 0.2) is 24.3 Å². The predicted molar refractivity (Wildman–Crippen MR) is 80.6 cm³/mol. The number of nitrogens with one attached hydrogen (secondary N) is 1. The van der Waals surface area contributed by atoms with Crippen molar-refractivity contribution in [3.63, 3.8) is 0 Å². The molecule has 2 nitrogen and oxygen atoms in total. The summed E-state index contributed by atoms with van der Waals surface area (Å²) in [5, 5.41) is 3.59. The van der Waals surface area contributed by atoms with Gasteiger partial charge in [0, 0.05) is 25.6 Å². The molecule has 1 aromatic carbocycles. The van der Waals surface area contributed by atoms with Gasteiger partial charge < -0.3 is 10.1 Å². The van der Waals surface area contributed by atoms with Gasteiger partial charge in [-0.15, -0.1) is 0 Å². The lowest BCUT2D eigenvalue weighted by Gasteiger charge is -2.43. The van der Waals surface area contributed by atoms with Crippen LogP contribution in [0.2, 0.25) is 0 Å². The second-order valence-electron chi connectivity index (χ2n) is 5.99. The van der Waals surface area contributed by atoms with Crippen LogP contribution >= 0.6 is 0 Å². The fourth-order valence-electron chi connectivity index (χ4n) is 3.43. The Kier molecular flexibility index (Phi) is 5.00. The van der Waals surface area contributed by atoms with Crippen molar-refractivity contribution in [3.8, 4) is 0 Å². The first-order chi connectivity index (χ1) is 9.20. The maximum Gasteiger partial charge on any atom is 0.0587 e. The summed E-state index contributed by atoms with van der Waals surface area (Å²) in [6, 6.07) is 9.01. The van der Waals surface area contributed by atoms with Gasteiger partial charge in [0.15, 0.2) is 0 Å². The first kappa shape index (κ1) is 14.5. The molecule has 0 amide bonds. The molecule has 106 valence electrons. The lowest BCUT2D eigenvalue weighted by molar-refractivity contribution is 0.188. The summed E-state index contributed by atoms with van der Waals surface area (Å²) in [7, 11) is 1.76. The van der Waals surface area contributed by atoms with Crippen LogP contribution in [0.4, 0.5) is 0 Å². The van der Waals surface area contributed by atoms with Gasteiger partial charge in [0.05, 0.1) is 6.61 Å². The summed E-state index contributed by atoms with van der Waals surface area (Å²) in [6.07, 6.45) is 3.84. The average molecular weight is 261 g/mol. The van der Waals surface area contributed by atoms with E-state index < -0.39 is 0 Å². The van der Waals surface area contributed by atoms with Crippen molar-refractivity contribution in [1.82, 2.24) is 5.32 Å². The highest BCUT2D eigenvalue weighted by atomic mass is 16.5. The Hall–Kier alpha value is -0.860. The normalized spacial score (nSPS) is 22.5. The molecule has 0 saturated heterocycles. The molecular formula is C17H27NO. The third-order valence-electron chi connectivity index (χ3n) is 4.65. The third kappa shape index (κ3) is 3.01. The molecule has 0 fully saturated rings. The zero-order valence-corrected chi connectivity index (χ0v) is 12.5. The van der Waals surface area contributed by atoms with Crippen LogP contribution in [-0.4, -0.2) is 26.8 Å². The second kappa shape index (κ2) is 6.53. The number of methoxy groups -OCH3 is 1. The Morgan fingerprint density at radius 3 is 2.84 bits per heavy atom. The maximum atomic E-state index is 5.13. The Balaban J connectivity index is 2.20. The van der Waals surface area contributed by atoms with E-state index in [1.165, 1.54) is 19.3 Å². The number of hydrogen-bond donors (Lipinski definition) is 1. The van der Waals surface area contributed by atoms with Crippen molar-refractivity contribution in [2.75, 3.05) is 26.8 Å². The van der Waals surface area contributed by atoms with Crippen molar-refractivity contribution in [1.29, 1.82) is 0 Å². The molecule has 1 aliphatic carbocycles. The van der Waals surface area contributed by atoms with Gasteiger partial charge in [-0.25, -0.2) is 0 Å². The summed E-state index contributed by atoms with van der Waals surface area (Å²) in [5.74, 6) is 0.656. The SMILES string of the molecule is COCCNCC1(C(C)C)CCCc2ccccc21. The van der Waals surface area contributed by atoms with Gasteiger partial charge in [-0.05, 0) is 36.3 Å². The van der Waals surface area contributed by atoms with Crippen LogP contribution in [0.5, 0.6) is 0 Å². The molecule has 0 saturated carbocycles. The van der Waals surface area contributed by atoms with Crippen LogP contribution in [-0.2, 0) is 16.6 Å². The first-order valence-corrected chi connectivity index (χ1v) is 7.49. The molecule has 0 radical (unpaired) electrons. The standard InChI is InChI=1S/C17H27NO/c1-14(2)17(13-18-11-12-19-3)10-6-8-15-7-4-5-9-16(15)17/h4-5,7,9,14,18H,6,8,10-13H2,1-3H3. The molecular weight excluding hydrogens is 234 g/mol. The van der Waals surface area contributed by atoms with E-state index in [4.69, 9.17) is 4.74 Å². The number of ether oxygens (including phenoxy) is 1. The Bertz CT molecular complexity index is 402. The van der Waals surface area contributed by atoms with Crippen LogP contribution in [0, 0.1) is 5.92 Å². The van der Waals surface area contributed by atoms with Crippen molar-refractivity contribution in [2.24, 2.45) is 5.92 Å². The third-order valence-corrected chi connectivity index (χ3v) is 4.65. The molecule has 1 aliphatic rings. The summed E-state index contributed by atoms with van der Waals surface area (Å²) in [5.41, 5.74) is 3.42. The van der Waals surface area contributed by atoms with Crippen LogP contribution < -0.4 is 5.32 Å². The number of benzene rings is 1. The minimum absolute atomic E-state index is 0.294. The number of hydrogen-bond acceptors (Lipinski definition) is 2. The van der Waals surface area contributed by atoms with E-state index in [1.54, 1.807) is 18.2 Å². The molecule has 0 heterocycles. The highest BCUT2D eigenvalue weighted by Crippen LogP contribution is 2.42. The lowest BCUT2D eigenvalue weighted by Crippen LogP contribution is -2.45. The minimum Gasteiger partial charge on any atom is -0.383 e. The first-order valence-electron chi connectivity index (χ1n) is 7.49. The van der Waals surface area contributed by atoms with Crippen LogP contribution in [0.3, 0.4) is 0 Å². The van der Waals surface area contributed by atoms with Crippen molar-refractivity contribution >= 4 is 0 Å². The summed E-state index contributed by atoms with van der Waals surface area (Å²) < 4.78 is 5.13. The number of fused-ring (bicyclic) bond motifs is 1. The van der Waals surface area contributed by atoms with E-state index in [0.29, 0.717) is 11.3 Å². The molecule has 19 heavy (non-hydrogen) atoms. The smallest absolute Gasteiger partial charge is 0.0587 e.